The summed E-state index contributed by atoms with van der Waals surface area (Å²) in [7, 11) is 0. The number of benzene rings is 1. The van der Waals surface area contributed by atoms with Crippen molar-refractivity contribution in [1.29, 1.82) is 0 Å². The van der Waals surface area contributed by atoms with Gasteiger partial charge in [0, 0.05) is 13.0 Å². The van der Waals surface area contributed by atoms with Crippen LogP contribution in [0.3, 0.4) is 0 Å². The zero-order chi connectivity index (χ0) is 15.6. The zero-order valence-corrected chi connectivity index (χ0v) is 15.1. The molecule has 6 heteroatoms. The quantitative estimate of drug-likeness (QED) is 0.779. The Bertz CT molecular complexity index is 643. The van der Waals surface area contributed by atoms with Gasteiger partial charge >= 0.3 is 0 Å². The number of rotatable bonds is 5. The standard InChI is InChI=1S/C15H17Br2FN2O/c1-3-12-15(17)13(20(4-2)19-12)8-14(21)9-5-6-10(16)11(18)7-9/h5-7,14,21H,3-4,8H2,1-2H3. The van der Waals surface area contributed by atoms with Gasteiger partial charge in [-0.05, 0) is 62.9 Å². The van der Waals surface area contributed by atoms with E-state index in [4.69, 9.17) is 0 Å². The molecule has 114 valence electrons. The number of aliphatic hydroxyl groups excluding tert-OH is 1. The van der Waals surface area contributed by atoms with Crippen molar-refractivity contribution in [3.63, 3.8) is 0 Å². The summed E-state index contributed by atoms with van der Waals surface area (Å²) < 4.78 is 16.8. The molecular formula is C15H17Br2FN2O. The molecule has 0 aliphatic carbocycles. The third-order valence-electron chi connectivity index (χ3n) is 3.41. The Kier molecular flexibility index (Phi) is 5.57. The van der Waals surface area contributed by atoms with E-state index in [1.807, 2.05) is 18.5 Å². The summed E-state index contributed by atoms with van der Waals surface area (Å²) in [4.78, 5) is 0. The van der Waals surface area contributed by atoms with E-state index >= 15 is 0 Å². The Morgan fingerprint density at radius 1 is 1.33 bits per heavy atom. The number of hydrogen-bond donors (Lipinski definition) is 1. The minimum absolute atomic E-state index is 0.371. The maximum absolute atomic E-state index is 13.6. The van der Waals surface area contributed by atoms with Crippen LogP contribution in [0.15, 0.2) is 27.1 Å². The number of aromatic nitrogens is 2. The molecule has 2 rings (SSSR count). The van der Waals surface area contributed by atoms with E-state index < -0.39 is 6.10 Å². The van der Waals surface area contributed by atoms with Crippen LogP contribution < -0.4 is 0 Å². The molecule has 1 unspecified atom stereocenters. The SMILES string of the molecule is CCc1nn(CC)c(CC(O)c2ccc(Br)c(F)c2)c1Br. The molecule has 0 aliphatic heterocycles. The molecular weight excluding hydrogens is 403 g/mol. The lowest BCUT2D eigenvalue weighted by Gasteiger charge is -2.13. The molecule has 3 nitrogen and oxygen atoms in total. The molecule has 1 atom stereocenters. The van der Waals surface area contributed by atoms with Crippen LogP contribution in [0.2, 0.25) is 0 Å². The van der Waals surface area contributed by atoms with Crippen molar-refractivity contribution in [3.8, 4) is 0 Å². The summed E-state index contributed by atoms with van der Waals surface area (Å²) in [6.45, 7) is 4.78. The van der Waals surface area contributed by atoms with E-state index in [0.29, 0.717) is 16.5 Å². The molecule has 0 bridgehead atoms. The summed E-state index contributed by atoms with van der Waals surface area (Å²) in [5, 5.41) is 14.9. The lowest BCUT2D eigenvalue weighted by Crippen LogP contribution is -2.09. The number of halogens is 3. The van der Waals surface area contributed by atoms with Crippen LogP contribution in [0.4, 0.5) is 4.39 Å². The molecule has 0 saturated heterocycles. The molecule has 2 aromatic rings. The highest BCUT2D eigenvalue weighted by atomic mass is 79.9. The minimum Gasteiger partial charge on any atom is -0.388 e. The molecule has 0 saturated carbocycles. The zero-order valence-electron chi connectivity index (χ0n) is 11.9. The van der Waals surface area contributed by atoms with Crippen molar-refractivity contribution in [2.75, 3.05) is 0 Å². The molecule has 1 aromatic carbocycles. The normalized spacial score (nSPS) is 12.7. The summed E-state index contributed by atoms with van der Waals surface area (Å²) >= 11 is 6.67. The Hall–Kier alpha value is -0.720. The highest BCUT2D eigenvalue weighted by molar-refractivity contribution is 9.10. The second-order valence-electron chi connectivity index (χ2n) is 4.77. The molecule has 0 radical (unpaired) electrons. The predicted molar refractivity (Wildman–Crippen MR) is 87.7 cm³/mol. The van der Waals surface area contributed by atoms with Gasteiger partial charge < -0.3 is 5.11 Å². The summed E-state index contributed by atoms with van der Waals surface area (Å²) in [6.07, 6.45) is 0.446. The van der Waals surface area contributed by atoms with Gasteiger partial charge in [0.1, 0.15) is 5.82 Å². The molecule has 0 aliphatic rings. The Labute approximate surface area is 140 Å². The summed E-state index contributed by atoms with van der Waals surface area (Å²) in [5.74, 6) is -0.371. The van der Waals surface area contributed by atoms with Crippen molar-refractivity contribution >= 4 is 31.9 Å². The monoisotopic (exact) mass is 418 g/mol. The van der Waals surface area contributed by atoms with Crippen molar-refractivity contribution in [3.05, 3.63) is 49.9 Å². The molecule has 1 N–H and O–H groups in total. The number of aliphatic hydroxyl groups is 1. The minimum atomic E-state index is -0.768. The Balaban J connectivity index is 2.28. The fraction of sp³-hybridized carbons (Fsp3) is 0.400. The Morgan fingerprint density at radius 3 is 2.62 bits per heavy atom. The molecule has 0 amide bonds. The van der Waals surface area contributed by atoms with E-state index in [1.165, 1.54) is 6.07 Å². The average Bonchev–Trinajstić information content (AvgIpc) is 2.78. The van der Waals surface area contributed by atoms with Crippen molar-refractivity contribution in [2.45, 2.75) is 39.3 Å². The van der Waals surface area contributed by atoms with Gasteiger partial charge in [0.15, 0.2) is 0 Å². The van der Waals surface area contributed by atoms with Gasteiger partial charge in [-0.1, -0.05) is 13.0 Å². The lowest BCUT2D eigenvalue weighted by atomic mass is 10.0. The van der Waals surface area contributed by atoms with Crippen molar-refractivity contribution in [1.82, 2.24) is 9.78 Å². The first-order valence-corrected chi connectivity index (χ1v) is 8.43. The van der Waals surface area contributed by atoms with Crippen molar-refractivity contribution < 1.29 is 9.50 Å². The number of nitrogens with zero attached hydrogens (tertiary/aromatic N) is 2. The lowest BCUT2D eigenvalue weighted by molar-refractivity contribution is 0.174. The Morgan fingerprint density at radius 2 is 2.05 bits per heavy atom. The molecule has 0 fully saturated rings. The fourth-order valence-corrected chi connectivity index (χ4v) is 3.21. The van der Waals surface area contributed by atoms with Gasteiger partial charge in [-0.15, -0.1) is 0 Å². The van der Waals surface area contributed by atoms with Crippen LogP contribution in [0.5, 0.6) is 0 Å². The van der Waals surface area contributed by atoms with Crippen LogP contribution in [-0.2, 0) is 19.4 Å². The average molecular weight is 420 g/mol. The number of aryl methyl sites for hydroxylation is 2. The van der Waals surface area contributed by atoms with Gasteiger partial charge in [0.25, 0.3) is 0 Å². The maximum atomic E-state index is 13.6. The van der Waals surface area contributed by atoms with E-state index in [1.54, 1.807) is 12.1 Å². The van der Waals surface area contributed by atoms with Crippen LogP contribution in [-0.4, -0.2) is 14.9 Å². The fourth-order valence-electron chi connectivity index (χ4n) is 2.23. The second-order valence-corrected chi connectivity index (χ2v) is 6.42. The van der Waals surface area contributed by atoms with Gasteiger partial charge in [0.2, 0.25) is 0 Å². The third-order valence-corrected chi connectivity index (χ3v) is 4.97. The van der Waals surface area contributed by atoms with Gasteiger partial charge in [0.05, 0.1) is 26.4 Å². The first-order chi connectivity index (χ1) is 9.97. The molecule has 0 spiro atoms. The van der Waals surface area contributed by atoms with Crippen LogP contribution in [0, 0.1) is 5.82 Å². The largest absolute Gasteiger partial charge is 0.388 e. The van der Waals surface area contributed by atoms with Gasteiger partial charge in [-0.25, -0.2) is 4.39 Å². The highest BCUT2D eigenvalue weighted by Crippen LogP contribution is 2.28. The topological polar surface area (TPSA) is 38.0 Å². The highest BCUT2D eigenvalue weighted by Gasteiger charge is 2.19. The predicted octanol–water partition coefficient (Wildman–Crippen LogP) is 4.41. The van der Waals surface area contributed by atoms with E-state index in [2.05, 4.69) is 37.0 Å². The molecule has 1 heterocycles. The number of hydrogen-bond acceptors (Lipinski definition) is 2. The summed E-state index contributed by atoms with van der Waals surface area (Å²) in [5.41, 5.74) is 2.47. The smallest absolute Gasteiger partial charge is 0.137 e. The maximum Gasteiger partial charge on any atom is 0.137 e. The van der Waals surface area contributed by atoms with Crippen molar-refractivity contribution in [2.24, 2.45) is 0 Å². The second kappa shape index (κ2) is 7.03. The van der Waals surface area contributed by atoms with E-state index in [-0.39, 0.29) is 5.82 Å². The first kappa shape index (κ1) is 16.6. The van der Waals surface area contributed by atoms with Gasteiger partial charge in [-0.2, -0.15) is 5.10 Å². The third kappa shape index (κ3) is 3.55. The van der Waals surface area contributed by atoms with Crippen LogP contribution in [0.1, 0.15) is 36.9 Å². The van der Waals surface area contributed by atoms with E-state index in [9.17, 15) is 9.50 Å². The molecule has 1 aromatic heterocycles. The summed E-state index contributed by atoms with van der Waals surface area (Å²) in [6, 6.07) is 4.69. The molecule has 21 heavy (non-hydrogen) atoms. The van der Waals surface area contributed by atoms with Gasteiger partial charge in [-0.3, -0.25) is 4.68 Å². The van der Waals surface area contributed by atoms with Crippen LogP contribution >= 0.6 is 31.9 Å². The van der Waals surface area contributed by atoms with E-state index in [0.717, 1.165) is 28.8 Å². The first-order valence-electron chi connectivity index (χ1n) is 6.84. The van der Waals surface area contributed by atoms with Crippen LogP contribution in [0.25, 0.3) is 0 Å².